The van der Waals surface area contributed by atoms with E-state index in [1.54, 1.807) is 32.5 Å². The number of carbonyl (C=O) groups is 1. The average Bonchev–Trinajstić information content (AvgIpc) is 3.07. The Labute approximate surface area is 311 Å². The molecule has 10 nitrogen and oxygen atoms in total. The van der Waals surface area contributed by atoms with Crippen molar-refractivity contribution in [1.29, 1.82) is 0 Å². The molecule has 2 heterocycles. The number of rotatable bonds is 14. The number of aryl methyl sites for hydroxylation is 1. The van der Waals surface area contributed by atoms with Crippen molar-refractivity contribution in [3.05, 3.63) is 83.4 Å². The van der Waals surface area contributed by atoms with Crippen LogP contribution in [0.15, 0.2) is 61.1 Å². The zero-order valence-electron chi connectivity index (χ0n) is 32.1. The number of benzene rings is 2. The number of urea groups is 1. The molecule has 286 valence electrons. The van der Waals surface area contributed by atoms with E-state index in [0.29, 0.717) is 47.5 Å². The summed E-state index contributed by atoms with van der Waals surface area (Å²) in [6.07, 6.45) is 0.113. The smallest absolute Gasteiger partial charge is 0.416 e. The SMILES string of the molecule is CCOc1cc(COc2cncc(-c3ncc(NC(=O)Nc4ccc(CC(C)(C)CO[Si](C)(C)C(C)(C)C)c(C(F)(F)F)c4)c(C)n3)c2)ccc1OC. The summed E-state index contributed by atoms with van der Waals surface area (Å²) in [4.78, 5) is 26.1. The molecule has 0 aliphatic carbocycles. The van der Waals surface area contributed by atoms with Crippen LogP contribution in [0.25, 0.3) is 11.4 Å². The van der Waals surface area contributed by atoms with Gasteiger partial charge in [-0.2, -0.15) is 13.2 Å². The van der Waals surface area contributed by atoms with E-state index in [1.165, 1.54) is 18.3 Å². The van der Waals surface area contributed by atoms with Gasteiger partial charge in [-0.05, 0) is 85.3 Å². The van der Waals surface area contributed by atoms with Crippen LogP contribution in [0, 0.1) is 12.3 Å². The lowest BCUT2D eigenvalue weighted by molar-refractivity contribution is -0.138. The number of halogens is 3. The van der Waals surface area contributed by atoms with Crippen molar-refractivity contribution in [1.82, 2.24) is 15.0 Å². The molecular formula is C39H50F3N5O5Si. The summed E-state index contributed by atoms with van der Waals surface area (Å²) in [6.45, 7) is 19.1. The highest BCUT2D eigenvalue weighted by Crippen LogP contribution is 2.40. The van der Waals surface area contributed by atoms with Crippen LogP contribution in [0.2, 0.25) is 18.1 Å². The molecule has 0 spiro atoms. The van der Waals surface area contributed by atoms with E-state index in [4.69, 9.17) is 18.6 Å². The molecule has 0 unspecified atom stereocenters. The van der Waals surface area contributed by atoms with Crippen molar-refractivity contribution in [3.8, 4) is 28.6 Å². The van der Waals surface area contributed by atoms with Crippen LogP contribution < -0.4 is 24.8 Å². The molecule has 2 aromatic heterocycles. The zero-order valence-corrected chi connectivity index (χ0v) is 33.1. The van der Waals surface area contributed by atoms with Crippen LogP contribution in [0.3, 0.4) is 0 Å². The molecule has 0 aliphatic rings. The van der Waals surface area contributed by atoms with E-state index >= 15 is 0 Å². The summed E-state index contributed by atoms with van der Waals surface area (Å²) in [6, 6.07) is 10.4. The Hall–Kier alpha value is -4.69. The summed E-state index contributed by atoms with van der Waals surface area (Å²) in [5.41, 5.74) is 0.945. The number of alkyl halides is 3. The second-order valence-corrected chi connectivity index (χ2v) is 20.0. The second kappa shape index (κ2) is 16.5. The lowest BCUT2D eigenvalue weighted by Gasteiger charge is -2.39. The predicted octanol–water partition coefficient (Wildman–Crippen LogP) is 10.1. The summed E-state index contributed by atoms with van der Waals surface area (Å²) in [5.74, 6) is 2.09. The lowest BCUT2D eigenvalue weighted by Crippen LogP contribution is -2.43. The number of nitrogens with one attached hydrogen (secondary N) is 2. The number of anilines is 2. The highest BCUT2D eigenvalue weighted by atomic mass is 28.4. The van der Waals surface area contributed by atoms with Gasteiger partial charge in [0.1, 0.15) is 12.4 Å². The number of hydrogen-bond acceptors (Lipinski definition) is 8. The van der Waals surface area contributed by atoms with E-state index in [0.717, 1.165) is 11.6 Å². The summed E-state index contributed by atoms with van der Waals surface area (Å²) < 4.78 is 66.1. The molecule has 2 N–H and O–H groups in total. The number of carbonyl (C=O) groups excluding carboxylic acids is 1. The van der Waals surface area contributed by atoms with E-state index in [2.05, 4.69) is 59.5 Å². The van der Waals surface area contributed by atoms with Crippen molar-refractivity contribution in [2.24, 2.45) is 5.41 Å². The van der Waals surface area contributed by atoms with Crippen LogP contribution in [0.1, 0.15) is 63.9 Å². The van der Waals surface area contributed by atoms with Crippen LogP contribution in [0.4, 0.5) is 29.3 Å². The number of hydrogen-bond donors (Lipinski definition) is 2. The zero-order chi connectivity index (χ0) is 39.2. The highest BCUT2D eigenvalue weighted by Gasteiger charge is 2.39. The van der Waals surface area contributed by atoms with Gasteiger partial charge in [0.05, 0.1) is 43.1 Å². The summed E-state index contributed by atoms with van der Waals surface area (Å²) in [5, 5.41) is 5.13. The maximum atomic E-state index is 14.3. The standard InChI is InChI=1S/C39H50F3N5O5Si/c1-11-50-34-16-26(12-15-33(34)49-8)23-51-30-17-28(20-43-21-30)35-44-22-32(25(2)45-35)47-36(48)46-29-14-13-27(31(18-29)39(40,41)42)19-38(6,7)24-52-53(9,10)37(3,4)5/h12-18,20-22H,11,19,23-24H2,1-10H3,(H2,46,47,48). The van der Waals surface area contributed by atoms with Crippen molar-refractivity contribution < 1.29 is 36.6 Å². The van der Waals surface area contributed by atoms with Gasteiger partial charge in [0.2, 0.25) is 0 Å². The molecule has 2 amide bonds. The fourth-order valence-electron chi connectivity index (χ4n) is 5.11. The fraction of sp³-hybridized carbons (Fsp3) is 0.436. The molecule has 0 fully saturated rings. The Morgan fingerprint density at radius 3 is 2.28 bits per heavy atom. The first kappa shape index (κ1) is 41.1. The Balaban J connectivity index is 1.41. The third-order valence-electron chi connectivity index (χ3n) is 9.10. The monoisotopic (exact) mass is 753 g/mol. The Morgan fingerprint density at radius 2 is 1.64 bits per heavy atom. The lowest BCUT2D eigenvalue weighted by atomic mass is 9.85. The second-order valence-electron chi connectivity index (χ2n) is 15.1. The number of nitrogens with zero attached hydrogens (tertiary/aromatic N) is 3. The summed E-state index contributed by atoms with van der Waals surface area (Å²) >= 11 is 0. The van der Waals surface area contributed by atoms with Gasteiger partial charge in [0.15, 0.2) is 25.6 Å². The summed E-state index contributed by atoms with van der Waals surface area (Å²) in [7, 11) is -0.508. The fourth-order valence-corrected chi connectivity index (χ4v) is 6.30. The quantitative estimate of drug-likeness (QED) is 0.122. The minimum Gasteiger partial charge on any atom is -0.493 e. The van der Waals surface area contributed by atoms with Gasteiger partial charge < -0.3 is 29.3 Å². The minimum atomic E-state index is -4.62. The maximum absolute atomic E-state index is 14.3. The molecule has 0 atom stereocenters. The van der Waals surface area contributed by atoms with Gasteiger partial charge >= 0.3 is 12.2 Å². The molecule has 0 saturated carbocycles. The van der Waals surface area contributed by atoms with E-state index in [9.17, 15) is 18.0 Å². The number of aromatic nitrogens is 3. The van der Waals surface area contributed by atoms with Crippen molar-refractivity contribution in [3.63, 3.8) is 0 Å². The molecule has 0 saturated heterocycles. The normalized spacial score (nSPS) is 12.3. The molecule has 4 rings (SSSR count). The maximum Gasteiger partial charge on any atom is 0.416 e. The molecule has 0 radical (unpaired) electrons. The number of methoxy groups -OCH3 is 1. The van der Waals surface area contributed by atoms with Gasteiger partial charge in [-0.1, -0.05) is 46.8 Å². The van der Waals surface area contributed by atoms with Gasteiger partial charge in [0, 0.05) is 24.1 Å². The predicted molar refractivity (Wildman–Crippen MR) is 203 cm³/mol. The minimum absolute atomic E-state index is 0.00395. The van der Waals surface area contributed by atoms with Crippen molar-refractivity contribution >= 4 is 25.7 Å². The molecular weight excluding hydrogens is 704 g/mol. The van der Waals surface area contributed by atoms with Crippen molar-refractivity contribution in [2.45, 2.75) is 85.8 Å². The third kappa shape index (κ3) is 11.2. The Bertz CT molecular complexity index is 1900. The van der Waals surface area contributed by atoms with Crippen LogP contribution in [0.5, 0.6) is 17.2 Å². The first-order valence-corrected chi connectivity index (χ1v) is 20.3. The number of pyridine rings is 1. The van der Waals surface area contributed by atoms with Gasteiger partial charge in [-0.3, -0.25) is 4.98 Å². The number of amides is 2. The van der Waals surface area contributed by atoms with Gasteiger partial charge in [-0.25, -0.2) is 14.8 Å². The van der Waals surface area contributed by atoms with E-state index in [1.807, 2.05) is 39.0 Å². The molecule has 0 aliphatic heterocycles. The topological polar surface area (TPSA) is 117 Å². The Kier molecular flexibility index (Phi) is 12.8. The third-order valence-corrected chi connectivity index (χ3v) is 13.6. The first-order valence-electron chi connectivity index (χ1n) is 17.3. The number of ether oxygens (including phenoxy) is 3. The Morgan fingerprint density at radius 1 is 0.906 bits per heavy atom. The molecule has 14 heteroatoms. The molecule has 0 bridgehead atoms. The van der Waals surface area contributed by atoms with E-state index in [-0.39, 0.29) is 35.0 Å². The molecule has 53 heavy (non-hydrogen) atoms. The molecule has 4 aromatic rings. The van der Waals surface area contributed by atoms with Gasteiger partial charge in [0.25, 0.3) is 0 Å². The van der Waals surface area contributed by atoms with E-state index < -0.39 is 31.5 Å². The highest BCUT2D eigenvalue weighted by molar-refractivity contribution is 6.74. The largest absolute Gasteiger partial charge is 0.493 e. The van der Waals surface area contributed by atoms with Crippen LogP contribution in [-0.2, 0) is 23.6 Å². The van der Waals surface area contributed by atoms with Crippen molar-refractivity contribution in [2.75, 3.05) is 31.0 Å². The van der Waals surface area contributed by atoms with Gasteiger partial charge in [-0.15, -0.1) is 0 Å². The molecule has 2 aromatic carbocycles. The van der Waals surface area contributed by atoms with Crippen LogP contribution in [-0.4, -0.2) is 49.6 Å². The van der Waals surface area contributed by atoms with Crippen LogP contribution >= 0.6 is 0 Å². The first-order chi connectivity index (χ1) is 24.7. The average molecular weight is 754 g/mol.